The summed E-state index contributed by atoms with van der Waals surface area (Å²) in [6, 6.07) is -0.920. The number of hydrogen-bond donors (Lipinski definition) is 1. The minimum Gasteiger partial charge on any atom is -0.464 e. The fraction of sp³-hybridized carbons (Fsp3) is 0.872. The Kier molecular flexibility index (Phi) is 31.5. The van der Waals surface area contributed by atoms with Gasteiger partial charge >= 0.3 is 18.2 Å². The second-order valence-corrected chi connectivity index (χ2v) is 17.4. The van der Waals surface area contributed by atoms with Gasteiger partial charge in [0, 0.05) is 19.6 Å². The van der Waals surface area contributed by atoms with Gasteiger partial charge in [0.25, 0.3) is 0 Å². The number of rotatable bonds is 36. The van der Waals surface area contributed by atoms with E-state index < -0.39 is 36.5 Å². The van der Waals surface area contributed by atoms with E-state index in [2.05, 4.69) is 35.4 Å². The van der Waals surface area contributed by atoms with Gasteiger partial charge in [0.15, 0.2) is 12.4 Å². The van der Waals surface area contributed by atoms with E-state index in [1.807, 2.05) is 5.38 Å². The molecule has 1 N–H and O–H groups in total. The Hall–Kier alpha value is -2.40. The summed E-state index contributed by atoms with van der Waals surface area (Å²) in [5.74, 6) is 0.0750. The van der Waals surface area contributed by atoms with Gasteiger partial charge in [-0.05, 0) is 44.9 Å². The highest BCUT2D eigenvalue weighted by atomic mass is 32.1. The summed E-state index contributed by atoms with van der Waals surface area (Å²) < 4.78 is 24.9. The molecule has 2 heterocycles. The van der Waals surface area contributed by atoms with Crippen LogP contribution in [0.2, 0.25) is 0 Å². The summed E-state index contributed by atoms with van der Waals surface area (Å²) in [6.45, 7) is 8.30. The lowest BCUT2D eigenvalue weighted by atomic mass is 9.91. The summed E-state index contributed by atoms with van der Waals surface area (Å²) in [7, 11) is 1.29. The average Bonchev–Trinajstić information content (AvgIpc) is 3.75. The molecule has 0 aliphatic carbocycles. The largest absolute Gasteiger partial charge is 0.464 e. The smallest absolute Gasteiger partial charge is 0.412 e. The molecule has 0 saturated carbocycles. The molecule has 10 nitrogen and oxygen atoms in total. The van der Waals surface area contributed by atoms with Gasteiger partial charge in [0.2, 0.25) is 5.51 Å². The summed E-state index contributed by atoms with van der Waals surface area (Å²) in [5, 5.41) is 5.06. The van der Waals surface area contributed by atoms with Gasteiger partial charge in [-0.1, -0.05) is 173 Å². The normalized spacial score (nSPS) is 16.4. The zero-order valence-electron chi connectivity index (χ0n) is 37.5. The molecule has 0 radical (unpaired) electrons. The van der Waals surface area contributed by atoms with E-state index in [1.165, 1.54) is 153 Å². The Bertz CT molecular complexity index is 1140. The number of aromatic nitrogens is 1. The second kappa shape index (κ2) is 35.4. The predicted octanol–water partition coefficient (Wildman–Crippen LogP) is 12.5. The lowest BCUT2D eigenvalue weighted by Gasteiger charge is -2.41. The van der Waals surface area contributed by atoms with Crippen LogP contribution in [0.25, 0.3) is 0 Å². The first-order chi connectivity index (χ1) is 28.4. The molecule has 2 unspecified atom stereocenters. The van der Waals surface area contributed by atoms with Crippen molar-refractivity contribution in [3.8, 4) is 0 Å². The van der Waals surface area contributed by atoms with Crippen LogP contribution in [0.5, 0.6) is 0 Å². The Morgan fingerprint density at radius 2 is 1.31 bits per heavy atom. The van der Waals surface area contributed by atoms with Crippen LogP contribution in [0.4, 0.5) is 9.59 Å². The molecule has 1 saturated heterocycles. The lowest BCUT2D eigenvalue weighted by Crippen LogP contribution is -2.58. The fourth-order valence-electron chi connectivity index (χ4n) is 8.27. The Morgan fingerprint density at radius 1 is 0.759 bits per heavy atom. The fourth-order valence-corrected chi connectivity index (χ4v) is 8.90. The number of nitrogens with one attached hydrogen (secondary N) is 1. The number of alkyl carbamates (subject to hydrolysis) is 1. The van der Waals surface area contributed by atoms with Crippen molar-refractivity contribution < 1.29 is 37.9 Å². The highest BCUT2D eigenvalue weighted by molar-refractivity contribution is 7.07. The number of hydrogen-bond acceptors (Lipinski definition) is 8. The van der Waals surface area contributed by atoms with Crippen molar-refractivity contribution in [3.63, 3.8) is 0 Å². The van der Waals surface area contributed by atoms with E-state index in [1.54, 1.807) is 18.3 Å². The summed E-state index contributed by atoms with van der Waals surface area (Å²) in [6.07, 6.45) is 33.5. The van der Waals surface area contributed by atoms with E-state index in [0.29, 0.717) is 44.8 Å². The van der Waals surface area contributed by atoms with Crippen molar-refractivity contribution in [1.82, 2.24) is 10.2 Å². The van der Waals surface area contributed by atoms with E-state index in [9.17, 15) is 14.4 Å². The quantitative estimate of drug-likeness (QED) is 0.0310. The van der Waals surface area contributed by atoms with Crippen molar-refractivity contribution in [1.29, 1.82) is 0 Å². The molecule has 0 aromatic carbocycles. The molecule has 2 rings (SSSR count). The van der Waals surface area contributed by atoms with Crippen molar-refractivity contribution in [3.05, 3.63) is 17.1 Å². The van der Waals surface area contributed by atoms with E-state index in [4.69, 9.17) is 18.9 Å². The number of amides is 2. The Morgan fingerprint density at radius 3 is 1.84 bits per heavy atom. The first-order valence-electron chi connectivity index (χ1n) is 23.9. The minimum absolute atomic E-state index is 0.187. The molecule has 2 amide bonds. The van der Waals surface area contributed by atoms with E-state index in [0.717, 1.165) is 25.8 Å². The summed E-state index contributed by atoms with van der Waals surface area (Å²) >= 11 is 1.66. The maximum atomic E-state index is 13.3. The molecule has 336 valence electrons. The number of aryl methyl sites for hydroxylation is 1. The number of carbonyl (C=O) groups is 3. The van der Waals surface area contributed by atoms with Crippen LogP contribution in [0.1, 0.15) is 207 Å². The van der Waals surface area contributed by atoms with Crippen LogP contribution < -0.4 is 9.88 Å². The van der Waals surface area contributed by atoms with Crippen molar-refractivity contribution >= 4 is 29.5 Å². The van der Waals surface area contributed by atoms with Gasteiger partial charge < -0.3 is 24.3 Å². The van der Waals surface area contributed by atoms with Crippen LogP contribution in [0.15, 0.2) is 17.1 Å². The van der Waals surface area contributed by atoms with Crippen molar-refractivity contribution in [2.45, 2.75) is 232 Å². The highest BCUT2D eigenvalue weighted by Gasteiger charge is 2.44. The van der Waals surface area contributed by atoms with Crippen LogP contribution >= 0.6 is 11.3 Å². The first kappa shape index (κ1) is 51.7. The van der Waals surface area contributed by atoms with Gasteiger partial charge in [-0.3, -0.25) is 4.90 Å². The number of esters is 1. The summed E-state index contributed by atoms with van der Waals surface area (Å²) in [5.41, 5.74) is 2.08. The zero-order valence-corrected chi connectivity index (χ0v) is 38.4. The van der Waals surface area contributed by atoms with Crippen LogP contribution in [-0.4, -0.2) is 68.3 Å². The van der Waals surface area contributed by atoms with Gasteiger partial charge in [-0.2, -0.15) is 4.57 Å². The molecule has 1 aliphatic rings. The average molecular weight is 837 g/mol. The molecule has 1 aliphatic heterocycles. The number of carbonyl (C=O) groups excluding carboxylic acids is 3. The Labute approximate surface area is 358 Å². The molecule has 11 heteroatoms. The maximum absolute atomic E-state index is 13.3. The number of methoxy groups -OCH3 is 1. The predicted molar refractivity (Wildman–Crippen MR) is 236 cm³/mol. The molecular formula is C47H86N3O7S+. The van der Waals surface area contributed by atoms with Crippen LogP contribution in [0, 0.1) is 5.92 Å². The monoisotopic (exact) mass is 837 g/mol. The number of ether oxygens (including phenoxy) is 4. The molecule has 0 bridgehead atoms. The van der Waals surface area contributed by atoms with E-state index in [-0.39, 0.29) is 6.61 Å². The summed E-state index contributed by atoms with van der Waals surface area (Å²) in [4.78, 5) is 41.3. The molecule has 58 heavy (non-hydrogen) atoms. The topological polar surface area (TPSA) is 107 Å². The van der Waals surface area contributed by atoms with Crippen LogP contribution in [0.3, 0.4) is 0 Å². The lowest BCUT2D eigenvalue weighted by molar-refractivity contribution is -0.692. The number of thiazole rings is 1. The van der Waals surface area contributed by atoms with Crippen molar-refractivity contribution in [2.24, 2.45) is 5.92 Å². The van der Waals surface area contributed by atoms with Gasteiger partial charge in [0.05, 0.1) is 19.1 Å². The minimum atomic E-state index is -0.955. The highest BCUT2D eigenvalue weighted by Crippen LogP contribution is 2.27. The zero-order chi connectivity index (χ0) is 41.9. The molecule has 0 spiro atoms. The number of unbranched alkanes of at least 4 members (excludes halogenated alkanes) is 20. The third-order valence-electron chi connectivity index (χ3n) is 11.7. The molecule has 4 atom stereocenters. The molecule has 1 aromatic heterocycles. The van der Waals surface area contributed by atoms with Crippen LogP contribution in [-0.2, 0) is 30.3 Å². The van der Waals surface area contributed by atoms with Gasteiger partial charge in [0.1, 0.15) is 18.7 Å². The van der Waals surface area contributed by atoms with Gasteiger partial charge in [-0.25, -0.2) is 14.4 Å². The first-order valence-corrected chi connectivity index (χ1v) is 24.9. The SMILES string of the molecule is CCCCCCCCCCCCCCCCCC(CCCCCCC)CCNC(=O)O[C@@H]1CCCO[C@H]1N(C(=O)OC)C(CCCCC[n+]1ccsc1)C(=O)OCC. The van der Waals surface area contributed by atoms with E-state index >= 15 is 0 Å². The maximum Gasteiger partial charge on any atom is 0.412 e. The molecule has 1 fully saturated rings. The number of nitrogens with zero attached hydrogens (tertiary/aromatic N) is 2. The molecular weight excluding hydrogens is 751 g/mol. The molecule has 1 aromatic rings. The Balaban J connectivity index is 1.84. The standard InChI is InChI=1S/C47H85N3O7S/c1-5-8-10-12-13-14-15-16-17-18-19-20-21-23-26-31-41(30-25-22-11-9-6-2)34-35-48-46(52)57-43-33-29-38-56-44(43)50(47(53)54-4)42(45(51)55-7-3)32-27-24-28-36-49-37-39-58-40-49/h37,39-44H,5-36,38H2,1-4H3/p+1/t41?,42?,43-,44-/m1/s1. The third kappa shape index (κ3) is 24.0. The second-order valence-electron chi connectivity index (χ2n) is 16.6. The van der Waals surface area contributed by atoms with Gasteiger partial charge in [-0.15, -0.1) is 0 Å². The van der Waals surface area contributed by atoms with Crippen molar-refractivity contribution in [2.75, 3.05) is 26.9 Å². The third-order valence-corrected chi connectivity index (χ3v) is 12.4.